The number of aromatic nitrogens is 2. The van der Waals surface area contributed by atoms with Crippen LogP contribution in [0.4, 0.5) is 0 Å². The van der Waals surface area contributed by atoms with Gasteiger partial charge in [0.2, 0.25) is 0 Å². The molecule has 0 fully saturated rings. The van der Waals surface area contributed by atoms with Crippen molar-refractivity contribution in [1.82, 2.24) is 15.3 Å². The van der Waals surface area contributed by atoms with Crippen LogP contribution in [0.5, 0.6) is 0 Å². The van der Waals surface area contributed by atoms with E-state index in [4.69, 9.17) is 9.47 Å². The van der Waals surface area contributed by atoms with Crippen LogP contribution in [0, 0.1) is 0 Å². The fraction of sp³-hybridized carbons (Fsp3) is 0.333. The van der Waals surface area contributed by atoms with Gasteiger partial charge in [-0.05, 0) is 13.8 Å². The number of H-pyrrole nitrogens is 2. The maximum absolute atomic E-state index is 12.2. The summed E-state index contributed by atoms with van der Waals surface area (Å²) in [6, 6.07) is 0. The minimum absolute atomic E-state index is 0.0237. The summed E-state index contributed by atoms with van der Waals surface area (Å²) in [5.41, 5.74) is -0.352. The summed E-state index contributed by atoms with van der Waals surface area (Å²) in [5.74, 6) is -2.44. The second-order valence-corrected chi connectivity index (χ2v) is 5.15. The number of methoxy groups -OCH3 is 2. The number of esters is 2. The number of hydrogen-bond donors (Lipinski definition) is 3. The first-order valence-corrected chi connectivity index (χ1v) is 6.98. The lowest BCUT2D eigenvalue weighted by atomic mass is 9.81. The zero-order chi connectivity index (χ0) is 18.0. The second kappa shape index (κ2) is 6.57. The highest BCUT2D eigenvalue weighted by atomic mass is 16.5. The lowest BCUT2D eigenvalue weighted by molar-refractivity contribution is -0.137. The SMILES string of the molecule is COC(=O)C1=C(C)NC(C)=C(C(=O)OC)C1c1c[nH]c(=O)[nH]c1=O. The number of aromatic amines is 2. The number of carbonyl (C=O) groups is 2. The molecule has 1 aliphatic heterocycles. The highest BCUT2D eigenvalue weighted by molar-refractivity contribution is 5.99. The molecule has 1 aliphatic rings. The first kappa shape index (κ1) is 17.3. The molecule has 0 aliphatic carbocycles. The quantitative estimate of drug-likeness (QED) is 0.643. The summed E-state index contributed by atoms with van der Waals surface area (Å²) in [5, 5.41) is 2.91. The van der Waals surface area contributed by atoms with Gasteiger partial charge in [0.05, 0.1) is 31.3 Å². The molecule has 1 aromatic heterocycles. The van der Waals surface area contributed by atoms with Gasteiger partial charge in [0, 0.05) is 23.2 Å². The van der Waals surface area contributed by atoms with Gasteiger partial charge in [0.25, 0.3) is 5.56 Å². The third-order valence-corrected chi connectivity index (χ3v) is 3.73. The first-order valence-electron chi connectivity index (χ1n) is 6.98. The fourth-order valence-electron chi connectivity index (χ4n) is 2.70. The molecule has 0 bridgehead atoms. The third kappa shape index (κ3) is 2.87. The van der Waals surface area contributed by atoms with E-state index < -0.39 is 29.1 Å². The molecule has 9 nitrogen and oxygen atoms in total. The van der Waals surface area contributed by atoms with Crippen molar-refractivity contribution in [2.45, 2.75) is 19.8 Å². The van der Waals surface area contributed by atoms with Gasteiger partial charge in [-0.25, -0.2) is 14.4 Å². The largest absolute Gasteiger partial charge is 0.466 e. The molecular formula is C15H17N3O6. The molecule has 0 aromatic carbocycles. The van der Waals surface area contributed by atoms with Crippen LogP contribution in [0.15, 0.2) is 38.3 Å². The molecule has 128 valence electrons. The molecule has 1 aromatic rings. The Hall–Kier alpha value is -3.10. The molecule has 3 N–H and O–H groups in total. The van der Waals surface area contributed by atoms with Crippen molar-refractivity contribution in [2.75, 3.05) is 14.2 Å². The number of nitrogens with one attached hydrogen (secondary N) is 3. The standard InChI is InChI=1S/C15H17N3O6/c1-6-9(13(20)23-3)11(8-5-16-15(22)18-12(8)19)10(7(2)17-6)14(21)24-4/h5,11,17H,1-4H3,(H2,16,18,19,22). The second-order valence-electron chi connectivity index (χ2n) is 5.15. The van der Waals surface area contributed by atoms with Crippen molar-refractivity contribution in [3.63, 3.8) is 0 Å². The minimum atomic E-state index is -1.04. The summed E-state index contributed by atoms with van der Waals surface area (Å²) >= 11 is 0. The van der Waals surface area contributed by atoms with E-state index in [1.54, 1.807) is 13.8 Å². The van der Waals surface area contributed by atoms with Crippen LogP contribution >= 0.6 is 0 Å². The van der Waals surface area contributed by atoms with Crippen LogP contribution in [0.25, 0.3) is 0 Å². The molecule has 9 heteroatoms. The average Bonchev–Trinajstić information content (AvgIpc) is 2.53. The van der Waals surface area contributed by atoms with E-state index in [9.17, 15) is 19.2 Å². The van der Waals surface area contributed by atoms with Gasteiger partial charge in [0.1, 0.15) is 0 Å². The van der Waals surface area contributed by atoms with E-state index >= 15 is 0 Å². The Bertz CT molecular complexity index is 836. The van der Waals surface area contributed by atoms with E-state index in [2.05, 4.69) is 15.3 Å². The Labute approximate surface area is 136 Å². The van der Waals surface area contributed by atoms with Gasteiger partial charge >= 0.3 is 17.6 Å². The average molecular weight is 335 g/mol. The molecule has 24 heavy (non-hydrogen) atoms. The van der Waals surface area contributed by atoms with Crippen LogP contribution in [0.1, 0.15) is 25.3 Å². The van der Waals surface area contributed by atoms with E-state index in [1.165, 1.54) is 20.4 Å². The highest BCUT2D eigenvalue weighted by Gasteiger charge is 2.39. The van der Waals surface area contributed by atoms with Gasteiger partial charge in [-0.3, -0.25) is 9.78 Å². The Balaban J connectivity index is 2.79. The van der Waals surface area contributed by atoms with Crippen LogP contribution in [0.3, 0.4) is 0 Å². The summed E-state index contributed by atoms with van der Waals surface area (Å²) in [6.45, 7) is 3.24. The lowest BCUT2D eigenvalue weighted by Gasteiger charge is -2.29. The Morgan fingerprint density at radius 3 is 1.92 bits per heavy atom. The van der Waals surface area contributed by atoms with E-state index in [0.717, 1.165) is 0 Å². The van der Waals surface area contributed by atoms with Gasteiger partial charge in [-0.1, -0.05) is 0 Å². The summed E-state index contributed by atoms with van der Waals surface area (Å²) < 4.78 is 9.55. The molecule has 0 unspecified atom stereocenters. The molecule has 0 spiro atoms. The fourth-order valence-corrected chi connectivity index (χ4v) is 2.70. The zero-order valence-electron chi connectivity index (χ0n) is 13.6. The lowest BCUT2D eigenvalue weighted by Crippen LogP contribution is -2.36. The van der Waals surface area contributed by atoms with E-state index in [1.807, 2.05) is 0 Å². The molecule has 0 radical (unpaired) electrons. The predicted octanol–water partition coefficient (Wildman–Crippen LogP) is -0.356. The molecule has 2 rings (SSSR count). The number of carbonyl (C=O) groups excluding carboxylic acids is 2. The molecule has 0 amide bonds. The van der Waals surface area contributed by atoms with Gasteiger partial charge in [0.15, 0.2) is 0 Å². The number of dihydropyridines is 1. The van der Waals surface area contributed by atoms with E-state index in [0.29, 0.717) is 11.4 Å². The van der Waals surface area contributed by atoms with Crippen molar-refractivity contribution < 1.29 is 19.1 Å². The van der Waals surface area contributed by atoms with Crippen LogP contribution in [-0.4, -0.2) is 36.1 Å². The maximum atomic E-state index is 12.2. The normalized spacial score (nSPS) is 15.2. The maximum Gasteiger partial charge on any atom is 0.336 e. The third-order valence-electron chi connectivity index (χ3n) is 3.73. The topological polar surface area (TPSA) is 130 Å². The Morgan fingerprint density at radius 2 is 1.50 bits per heavy atom. The van der Waals surface area contributed by atoms with Crippen LogP contribution in [-0.2, 0) is 19.1 Å². The zero-order valence-corrected chi connectivity index (χ0v) is 13.6. The minimum Gasteiger partial charge on any atom is -0.466 e. The number of rotatable bonds is 3. The van der Waals surface area contributed by atoms with Crippen molar-refractivity contribution >= 4 is 11.9 Å². The molecule has 2 heterocycles. The van der Waals surface area contributed by atoms with Crippen molar-refractivity contribution in [3.8, 4) is 0 Å². The molecule has 0 saturated heterocycles. The highest BCUT2D eigenvalue weighted by Crippen LogP contribution is 2.37. The molecule has 0 atom stereocenters. The summed E-state index contributed by atoms with van der Waals surface area (Å²) in [7, 11) is 2.39. The predicted molar refractivity (Wildman–Crippen MR) is 83.0 cm³/mol. The van der Waals surface area contributed by atoms with Crippen molar-refractivity contribution in [2.24, 2.45) is 0 Å². The van der Waals surface area contributed by atoms with Crippen LogP contribution in [0.2, 0.25) is 0 Å². The van der Waals surface area contributed by atoms with Gasteiger partial charge in [-0.15, -0.1) is 0 Å². The number of ether oxygens (including phenoxy) is 2. The Morgan fingerprint density at radius 1 is 1.00 bits per heavy atom. The first-order chi connectivity index (χ1) is 11.3. The smallest absolute Gasteiger partial charge is 0.336 e. The van der Waals surface area contributed by atoms with E-state index in [-0.39, 0.29) is 16.7 Å². The summed E-state index contributed by atoms with van der Waals surface area (Å²) in [4.78, 5) is 52.4. The van der Waals surface area contributed by atoms with Crippen molar-refractivity contribution in [1.29, 1.82) is 0 Å². The monoisotopic (exact) mass is 335 g/mol. The number of allylic oxidation sites excluding steroid dienone is 2. The molecular weight excluding hydrogens is 318 g/mol. The van der Waals surface area contributed by atoms with Crippen LogP contribution < -0.4 is 16.6 Å². The summed E-state index contributed by atoms with van der Waals surface area (Å²) in [6.07, 6.45) is 1.17. The number of hydrogen-bond acceptors (Lipinski definition) is 7. The van der Waals surface area contributed by atoms with Gasteiger partial charge < -0.3 is 19.8 Å². The van der Waals surface area contributed by atoms with Crippen molar-refractivity contribution in [3.05, 3.63) is 55.1 Å². The molecule has 0 saturated carbocycles. The van der Waals surface area contributed by atoms with Gasteiger partial charge in [-0.2, -0.15) is 0 Å². The Kier molecular flexibility index (Phi) is 4.72.